The van der Waals surface area contributed by atoms with Gasteiger partial charge < -0.3 is 9.64 Å². The van der Waals surface area contributed by atoms with Crippen molar-refractivity contribution in [2.24, 2.45) is 11.8 Å². The number of hydrogen-bond acceptors (Lipinski definition) is 4. The van der Waals surface area contributed by atoms with Gasteiger partial charge in [0, 0.05) is 26.2 Å². The molecule has 0 bridgehead atoms. The largest absolute Gasteiger partial charge is 0.484 e. The van der Waals surface area contributed by atoms with Crippen LogP contribution in [0.25, 0.3) is 0 Å². The lowest BCUT2D eigenvalue weighted by Crippen LogP contribution is -2.40. The molecule has 2 aliphatic heterocycles. The molecule has 0 N–H and O–H groups in total. The van der Waals surface area contributed by atoms with E-state index >= 15 is 0 Å². The molecule has 1 unspecified atom stereocenters. The molecule has 138 valence electrons. The Morgan fingerprint density at radius 1 is 1.08 bits per heavy atom. The number of carbonyl (C=O) groups is 1. The first-order chi connectivity index (χ1) is 11.9. The topological polar surface area (TPSA) is 66.9 Å². The molecular weight excluding hydrogens is 340 g/mol. The summed E-state index contributed by atoms with van der Waals surface area (Å²) in [6.45, 7) is 2.81. The molecule has 2 heterocycles. The molecule has 0 radical (unpaired) electrons. The fourth-order valence-corrected chi connectivity index (χ4v) is 4.70. The number of nitrogens with zero attached hydrogens (tertiary/aromatic N) is 2. The van der Waals surface area contributed by atoms with Gasteiger partial charge in [-0.05, 0) is 43.2 Å². The van der Waals surface area contributed by atoms with Crippen LogP contribution >= 0.6 is 0 Å². The zero-order chi connectivity index (χ0) is 17.9. The zero-order valence-electron chi connectivity index (χ0n) is 14.6. The van der Waals surface area contributed by atoms with Gasteiger partial charge in [0.2, 0.25) is 10.0 Å². The van der Waals surface area contributed by atoms with Crippen LogP contribution in [0.4, 0.5) is 0 Å². The quantitative estimate of drug-likeness (QED) is 0.794. The van der Waals surface area contributed by atoms with Gasteiger partial charge >= 0.3 is 0 Å². The molecule has 1 amide bonds. The Kier molecular flexibility index (Phi) is 5.64. The summed E-state index contributed by atoms with van der Waals surface area (Å²) in [6, 6.07) is 9.36. The molecule has 2 saturated heterocycles. The van der Waals surface area contributed by atoms with E-state index in [0.29, 0.717) is 30.7 Å². The number of amides is 1. The molecule has 0 aliphatic carbocycles. The van der Waals surface area contributed by atoms with Gasteiger partial charge in [-0.1, -0.05) is 18.2 Å². The summed E-state index contributed by atoms with van der Waals surface area (Å²) in [6.07, 6.45) is 4.05. The third-order valence-electron chi connectivity index (χ3n) is 5.32. The molecule has 3 rings (SSSR count). The average molecular weight is 366 g/mol. The number of hydrogen-bond donors (Lipinski definition) is 0. The molecule has 7 heteroatoms. The highest BCUT2D eigenvalue weighted by Crippen LogP contribution is 2.32. The molecule has 2 aliphatic rings. The van der Waals surface area contributed by atoms with Crippen molar-refractivity contribution >= 4 is 15.9 Å². The van der Waals surface area contributed by atoms with Crippen molar-refractivity contribution in [1.29, 1.82) is 0 Å². The van der Waals surface area contributed by atoms with Crippen molar-refractivity contribution in [3.05, 3.63) is 30.3 Å². The standard InChI is InChI=1S/C18H26N2O4S/c1-25(22,23)20-11-8-15(9-12-20)16-7-10-19(13-16)18(21)14-24-17-5-3-2-4-6-17/h2-6,15-16H,7-14H2,1H3. The Morgan fingerprint density at radius 3 is 2.36 bits per heavy atom. The molecule has 6 nitrogen and oxygen atoms in total. The van der Waals surface area contributed by atoms with Gasteiger partial charge in [-0.25, -0.2) is 12.7 Å². The van der Waals surface area contributed by atoms with Crippen LogP contribution in [0, 0.1) is 11.8 Å². The van der Waals surface area contributed by atoms with Crippen LogP contribution in [-0.2, 0) is 14.8 Å². The van der Waals surface area contributed by atoms with Gasteiger partial charge in [0.25, 0.3) is 5.91 Å². The van der Waals surface area contributed by atoms with E-state index < -0.39 is 10.0 Å². The van der Waals surface area contributed by atoms with Crippen molar-refractivity contribution in [2.75, 3.05) is 39.0 Å². The fourth-order valence-electron chi connectivity index (χ4n) is 3.83. The number of carbonyl (C=O) groups excluding carboxylic acids is 1. The van der Waals surface area contributed by atoms with E-state index in [0.717, 1.165) is 32.4 Å². The summed E-state index contributed by atoms with van der Waals surface area (Å²) in [4.78, 5) is 14.2. The predicted molar refractivity (Wildman–Crippen MR) is 95.8 cm³/mol. The third kappa shape index (κ3) is 4.73. The van der Waals surface area contributed by atoms with Crippen molar-refractivity contribution < 1.29 is 17.9 Å². The number of piperidine rings is 1. The van der Waals surface area contributed by atoms with Crippen LogP contribution < -0.4 is 4.74 Å². The highest BCUT2D eigenvalue weighted by Gasteiger charge is 2.35. The van der Waals surface area contributed by atoms with Gasteiger partial charge in [-0.15, -0.1) is 0 Å². The first kappa shape index (κ1) is 18.2. The van der Waals surface area contributed by atoms with E-state index in [1.807, 2.05) is 35.2 Å². The summed E-state index contributed by atoms with van der Waals surface area (Å²) in [5, 5.41) is 0. The van der Waals surface area contributed by atoms with E-state index in [1.165, 1.54) is 6.26 Å². The van der Waals surface area contributed by atoms with Crippen LogP contribution in [0.3, 0.4) is 0 Å². The normalized spacial score (nSPS) is 22.9. The number of benzene rings is 1. The summed E-state index contributed by atoms with van der Waals surface area (Å²) in [5.74, 6) is 1.72. The molecule has 0 spiro atoms. The van der Waals surface area contributed by atoms with Crippen LogP contribution in [0.5, 0.6) is 5.75 Å². The highest BCUT2D eigenvalue weighted by molar-refractivity contribution is 7.88. The van der Waals surface area contributed by atoms with Gasteiger partial charge in [-0.2, -0.15) is 0 Å². The highest BCUT2D eigenvalue weighted by atomic mass is 32.2. The van der Waals surface area contributed by atoms with Crippen molar-refractivity contribution in [3.63, 3.8) is 0 Å². The predicted octanol–water partition coefficient (Wildman–Crippen LogP) is 1.59. The van der Waals surface area contributed by atoms with E-state index in [9.17, 15) is 13.2 Å². The van der Waals surface area contributed by atoms with Crippen LogP contribution in [0.15, 0.2) is 30.3 Å². The smallest absolute Gasteiger partial charge is 0.260 e. The first-order valence-corrected chi connectivity index (χ1v) is 10.7. The Hall–Kier alpha value is -1.60. The zero-order valence-corrected chi connectivity index (χ0v) is 15.5. The van der Waals surface area contributed by atoms with Gasteiger partial charge in [0.15, 0.2) is 6.61 Å². The second-order valence-corrected chi connectivity index (χ2v) is 8.97. The molecule has 25 heavy (non-hydrogen) atoms. The Morgan fingerprint density at radius 2 is 1.72 bits per heavy atom. The van der Waals surface area contributed by atoms with E-state index in [-0.39, 0.29) is 12.5 Å². The Balaban J connectivity index is 1.45. The molecule has 1 atom stereocenters. The minimum atomic E-state index is -3.08. The maximum Gasteiger partial charge on any atom is 0.260 e. The maximum atomic E-state index is 12.3. The second-order valence-electron chi connectivity index (χ2n) is 6.99. The lowest BCUT2D eigenvalue weighted by atomic mass is 9.84. The van der Waals surface area contributed by atoms with Crippen LogP contribution in [0.2, 0.25) is 0 Å². The van der Waals surface area contributed by atoms with Gasteiger partial charge in [0.05, 0.1) is 6.26 Å². The monoisotopic (exact) mass is 366 g/mol. The van der Waals surface area contributed by atoms with Crippen molar-refractivity contribution in [2.45, 2.75) is 19.3 Å². The molecule has 1 aromatic rings. The fraction of sp³-hybridized carbons (Fsp3) is 0.611. The summed E-state index contributed by atoms with van der Waals surface area (Å²) in [7, 11) is -3.08. The van der Waals surface area contributed by atoms with E-state index in [2.05, 4.69) is 0 Å². The van der Waals surface area contributed by atoms with Crippen LogP contribution in [0.1, 0.15) is 19.3 Å². The number of para-hydroxylation sites is 1. The minimum Gasteiger partial charge on any atom is -0.484 e. The van der Waals surface area contributed by atoms with Crippen LogP contribution in [-0.4, -0.2) is 62.6 Å². The van der Waals surface area contributed by atoms with Gasteiger partial charge in [0.1, 0.15) is 5.75 Å². The lowest BCUT2D eigenvalue weighted by molar-refractivity contribution is -0.132. The number of ether oxygens (including phenoxy) is 1. The molecule has 0 aromatic heterocycles. The molecular formula is C18H26N2O4S. The molecule has 2 fully saturated rings. The third-order valence-corrected chi connectivity index (χ3v) is 6.62. The maximum absolute atomic E-state index is 12.3. The SMILES string of the molecule is CS(=O)(=O)N1CCC(C2CCN(C(=O)COc3ccccc3)C2)CC1. The summed E-state index contributed by atoms with van der Waals surface area (Å²) < 4.78 is 30.3. The summed E-state index contributed by atoms with van der Waals surface area (Å²) >= 11 is 0. The first-order valence-electron chi connectivity index (χ1n) is 8.84. The Labute approximate surface area is 149 Å². The lowest BCUT2D eigenvalue weighted by Gasteiger charge is -2.33. The van der Waals surface area contributed by atoms with Crippen molar-refractivity contribution in [3.8, 4) is 5.75 Å². The minimum absolute atomic E-state index is 0.0277. The van der Waals surface area contributed by atoms with E-state index in [1.54, 1.807) is 4.31 Å². The molecule has 0 saturated carbocycles. The molecule has 1 aromatic carbocycles. The number of likely N-dealkylation sites (tertiary alicyclic amines) is 1. The number of rotatable bonds is 5. The average Bonchev–Trinajstić information content (AvgIpc) is 3.10. The summed E-state index contributed by atoms with van der Waals surface area (Å²) in [5.41, 5.74) is 0. The van der Waals surface area contributed by atoms with E-state index in [4.69, 9.17) is 4.74 Å². The Bertz CT molecular complexity index is 684. The van der Waals surface area contributed by atoms with Gasteiger partial charge in [-0.3, -0.25) is 4.79 Å². The number of sulfonamides is 1. The second kappa shape index (κ2) is 7.74. The van der Waals surface area contributed by atoms with Crippen molar-refractivity contribution in [1.82, 2.24) is 9.21 Å².